The fourth-order valence-corrected chi connectivity index (χ4v) is 3.30. The first-order valence-electron chi connectivity index (χ1n) is 8.66. The van der Waals surface area contributed by atoms with E-state index in [0.29, 0.717) is 0 Å². The van der Waals surface area contributed by atoms with Gasteiger partial charge in [-0.2, -0.15) is 5.10 Å². The van der Waals surface area contributed by atoms with Gasteiger partial charge in [0.2, 0.25) is 0 Å². The summed E-state index contributed by atoms with van der Waals surface area (Å²) in [6, 6.07) is 23.4. The van der Waals surface area contributed by atoms with E-state index in [1.807, 2.05) is 17.8 Å². The molecule has 0 saturated heterocycles. The smallest absolute Gasteiger partial charge is 0.0835 e. The first kappa shape index (κ1) is 16.2. The van der Waals surface area contributed by atoms with Gasteiger partial charge >= 0.3 is 0 Å². The number of hydrogen-bond donors (Lipinski definition) is 1. The highest BCUT2D eigenvalue weighted by Gasteiger charge is 2.06. The van der Waals surface area contributed by atoms with E-state index in [4.69, 9.17) is 0 Å². The van der Waals surface area contributed by atoms with Crippen molar-refractivity contribution in [2.45, 2.75) is 6.92 Å². The molecule has 0 aliphatic rings. The van der Waals surface area contributed by atoms with Crippen LogP contribution in [0.15, 0.2) is 79.5 Å². The molecule has 128 valence electrons. The third-order valence-electron chi connectivity index (χ3n) is 4.72. The molecule has 4 rings (SSSR count). The molecule has 0 aliphatic carbocycles. The van der Waals surface area contributed by atoms with Crippen molar-refractivity contribution in [1.29, 1.82) is 0 Å². The maximum absolute atomic E-state index is 4.19. The van der Waals surface area contributed by atoms with Crippen LogP contribution >= 0.6 is 0 Å². The second-order valence-corrected chi connectivity index (χ2v) is 6.54. The topological polar surface area (TPSA) is 29.9 Å². The first-order chi connectivity index (χ1) is 12.6. The molecule has 3 heteroatoms. The van der Waals surface area contributed by atoms with Crippen LogP contribution in [0.2, 0.25) is 0 Å². The van der Waals surface area contributed by atoms with Crippen molar-refractivity contribution < 1.29 is 0 Å². The lowest BCUT2D eigenvalue weighted by molar-refractivity contribution is 0.756. The van der Waals surface area contributed by atoms with E-state index < -0.39 is 0 Å². The summed E-state index contributed by atoms with van der Waals surface area (Å²) in [6.07, 6.45) is 1.77. The Morgan fingerprint density at radius 3 is 2.50 bits per heavy atom. The van der Waals surface area contributed by atoms with Gasteiger partial charge in [0.1, 0.15) is 0 Å². The van der Waals surface area contributed by atoms with Crippen molar-refractivity contribution in [2.75, 3.05) is 5.32 Å². The summed E-state index contributed by atoms with van der Waals surface area (Å²) in [4.78, 5) is 0. The number of rotatable bonds is 4. The summed E-state index contributed by atoms with van der Waals surface area (Å²) < 4.78 is 1.81. The van der Waals surface area contributed by atoms with Gasteiger partial charge in [-0.15, -0.1) is 0 Å². The molecule has 3 aromatic carbocycles. The van der Waals surface area contributed by atoms with Crippen LogP contribution in [-0.4, -0.2) is 9.78 Å². The highest BCUT2D eigenvalue weighted by molar-refractivity contribution is 5.91. The maximum atomic E-state index is 4.19. The van der Waals surface area contributed by atoms with Crippen molar-refractivity contribution in [3.8, 4) is 11.1 Å². The Balaban J connectivity index is 1.64. The normalized spacial score (nSPS) is 10.8. The van der Waals surface area contributed by atoms with Gasteiger partial charge in [-0.3, -0.25) is 4.68 Å². The van der Waals surface area contributed by atoms with E-state index in [0.717, 1.165) is 17.1 Å². The summed E-state index contributed by atoms with van der Waals surface area (Å²) in [6.45, 7) is 6.27. The Bertz CT molecular complexity index is 1110. The zero-order chi connectivity index (χ0) is 18.1. The van der Waals surface area contributed by atoms with Crippen molar-refractivity contribution in [1.82, 2.24) is 9.78 Å². The molecular formula is C23H21N3. The Morgan fingerprint density at radius 2 is 1.73 bits per heavy atom. The zero-order valence-electron chi connectivity index (χ0n) is 15.0. The summed E-state index contributed by atoms with van der Waals surface area (Å²) in [5.74, 6) is 0. The average molecular weight is 339 g/mol. The SMILES string of the molecule is C=C(Nc1ccc2cc(-c3ccccc3C)ccc2c1)c1ccnn1C. The minimum atomic E-state index is 0.834. The summed E-state index contributed by atoms with van der Waals surface area (Å²) >= 11 is 0. The average Bonchev–Trinajstić information content (AvgIpc) is 3.08. The maximum Gasteiger partial charge on any atom is 0.0835 e. The molecule has 0 amide bonds. The number of fused-ring (bicyclic) bond motifs is 1. The second kappa shape index (κ2) is 6.52. The summed E-state index contributed by atoms with van der Waals surface area (Å²) in [5, 5.41) is 9.99. The van der Waals surface area contributed by atoms with Crippen molar-refractivity contribution >= 4 is 22.2 Å². The van der Waals surface area contributed by atoms with Gasteiger partial charge in [0.05, 0.1) is 11.4 Å². The molecule has 0 aliphatic heterocycles. The van der Waals surface area contributed by atoms with Crippen molar-refractivity contribution in [2.24, 2.45) is 7.05 Å². The van der Waals surface area contributed by atoms with Gasteiger partial charge in [0.15, 0.2) is 0 Å². The van der Waals surface area contributed by atoms with Crippen LogP contribution in [0.3, 0.4) is 0 Å². The zero-order valence-corrected chi connectivity index (χ0v) is 15.0. The van der Waals surface area contributed by atoms with Crippen molar-refractivity contribution in [3.63, 3.8) is 0 Å². The number of aryl methyl sites for hydroxylation is 2. The number of benzene rings is 3. The van der Waals surface area contributed by atoms with Gasteiger partial charge in [-0.25, -0.2) is 0 Å². The molecule has 0 radical (unpaired) electrons. The largest absolute Gasteiger partial charge is 0.354 e. The van der Waals surface area contributed by atoms with Gasteiger partial charge in [0, 0.05) is 18.9 Å². The fraction of sp³-hybridized carbons (Fsp3) is 0.0870. The molecule has 0 saturated carbocycles. The number of nitrogens with zero attached hydrogens (tertiary/aromatic N) is 2. The van der Waals surface area contributed by atoms with Crippen LogP contribution in [0, 0.1) is 6.92 Å². The molecule has 26 heavy (non-hydrogen) atoms. The molecule has 0 unspecified atom stereocenters. The Hall–Kier alpha value is -3.33. The molecule has 0 fully saturated rings. The van der Waals surface area contributed by atoms with E-state index in [1.54, 1.807) is 6.20 Å². The van der Waals surface area contributed by atoms with Crippen LogP contribution in [0.5, 0.6) is 0 Å². The number of aromatic nitrogens is 2. The van der Waals surface area contributed by atoms with Gasteiger partial charge in [0.25, 0.3) is 0 Å². The fourth-order valence-electron chi connectivity index (χ4n) is 3.30. The minimum absolute atomic E-state index is 0.834. The Labute approximate surface area is 153 Å². The molecule has 1 aromatic heterocycles. The van der Waals surface area contributed by atoms with E-state index >= 15 is 0 Å². The standard InChI is InChI=1S/C23H21N3/c1-16-6-4-5-7-22(16)20-9-8-19-15-21(11-10-18(19)14-20)25-17(2)23-12-13-24-26(23)3/h4-15,25H,2H2,1,3H3. The quantitative estimate of drug-likeness (QED) is 0.522. The van der Waals surface area contributed by atoms with Crippen LogP contribution in [0.25, 0.3) is 27.6 Å². The number of hydrogen-bond acceptors (Lipinski definition) is 2. The second-order valence-electron chi connectivity index (χ2n) is 6.54. The van der Waals surface area contributed by atoms with Crippen molar-refractivity contribution in [3.05, 3.63) is 90.8 Å². The third-order valence-corrected chi connectivity index (χ3v) is 4.72. The monoisotopic (exact) mass is 339 g/mol. The highest BCUT2D eigenvalue weighted by atomic mass is 15.3. The molecule has 3 nitrogen and oxygen atoms in total. The van der Waals surface area contributed by atoms with E-state index in [9.17, 15) is 0 Å². The van der Waals surface area contributed by atoms with Crippen LogP contribution in [0.1, 0.15) is 11.3 Å². The molecule has 0 spiro atoms. The molecule has 1 N–H and O–H groups in total. The number of nitrogens with one attached hydrogen (secondary N) is 1. The molecular weight excluding hydrogens is 318 g/mol. The Morgan fingerprint density at radius 1 is 0.962 bits per heavy atom. The first-order valence-corrected chi connectivity index (χ1v) is 8.66. The summed E-state index contributed by atoms with van der Waals surface area (Å²) in [5.41, 5.74) is 6.64. The molecule has 4 aromatic rings. The Kier molecular flexibility index (Phi) is 4.05. The number of anilines is 1. The lowest BCUT2D eigenvalue weighted by Crippen LogP contribution is -2.03. The predicted molar refractivity (Wildman–Crippen MR) is 110 cm³/mol. The summed E-state index contributed by atoms with van der Waals surface area (Å²) in [7, 11) is 1.91. The highest BCUT2D eigenvalue weighted by Crippen LogP contribution is 2.29. The van der Waals surface area contributed by atoms with E-state index in [-0.39, 0.29) is 0 Å². The minimum Gasteiger partial charge on any atom is -0.354 e. The third kappa shape index (κ3) is 3.00. The van der Waals surface area contributed by atoms with Gasteiger partial charge in [-0.1, -0.05) is 49.0 Å². The van der Waals surface area contributed by atoms with Crippen LogP contribution in [-0.2, 0) is 7.05 Å². The molecule has 1 heterocycles. The molecule has 0 bridgehead atoms. The van der Waals surface area contributed by atoms with Crippen LogP contribution in [0.4, 0.5) is 5.69 Å². The lowest BCUT2D eigenvalue weighted by atomic mass is 9.98. The molecule has 0 atom stereocenters. The lowest BCUT2D eigenvalue weighted by Gasteiger charge is -2.12. The van der Waals surface area contributed by atoms with Crippen LogP contribution < -0.4 is 5.32 Å². The van der Waals surface area contributed by atoms with Gasteiger partial charge in [-0.05, 0) is 58.7 Å². The van der Waals surface area contributed by atoms with E-state index in [2.05, 4.69) is 84.6 Å². The van der Waals surface area contributed by atoms with Gasteiger partial charge < -0.3 is 5.32 Å². The predicted octanol–water partition coefficient (Wildman–Crippen LogP) is 5.63. The van der Waals surface area contributed by atoms with E-state index in [1.165, 1.54) is 27.5 Å².